The average molecular weight is 479 g/mol. The van der Waals surface area contributed by atoms with E-state index in [1.165, 1.54) is 19.3 Å². The predicted octanol–water partition coefficient (Wildman–Crippen LogP) is 5.06. The second-order valence-corrected chi connectivity index (χ2v) is 9.16. The number of nitrogens with one attached hydrogen (secondary N) is 3. The zero-order valence-corrected chi connectivity index (χ0v) is 20.9. The molecule has 3 N–H and O–H groups in total. The number of rotatable bonds is 11. The van der Waals surface area contributed by atoms with E-state index in [2.05, 4.69) is 29.8 Å². The van der Waals surface area contributed by atoms with Crippen LogP contribution in [0, 0.1) is 0 Å². The van der Waals surface area contributed by atoms with Crippen molar-refractivity contribution in [3.05, 3.63) is 59.7 Å². The van der Waals surface area contributed by atoms with Crippen LogP contribution in [-0.2, 0) is 4.79 Å². The van der Waals surface area contributed by atoms with Crippen LogP contribution in [0.5, 0.6) is 0 Å². The van der Waals surface area contributed by atoms with Crippen LogP contribution in [0.2, 0.25) is 0 Å². The third kappa shape index (κ3) is 8.12. The van der Waals surface area contributed by atoms with Gasteiger partial charge >= 0.3 is 0 Å². The third-order valence-electron chi connectivity index (χ3n) is 6.21. The number of anilines is 2. The van der Waals surface area contributed by atoms with Crippen molar-refractivity contribution in [3.8, 4) is 0 Å². The van der Waals surface area contributed by atoms with Gasteiger partial charge in [0.25, 0.3) is 11.8 Å². The molecule has 1 fully saturated rings. The van der Waals surface area contributed by atoms with Crippen LogP contribution in [-0.4, -0.2) is 48.3 Å². The summed E-state index contributed by atoms with van der Waals surface area (Å²) in [6, 6.07) is 14.5. The smallest absolute Gasteiger partial charge is 0.253 e. The number of carbonyl (C=O) groups is 3. The SMILES string of the molecule is CCCN(CCC)C(=O)c1cccc(NC(=O)CNc2ccc(C(=O)NC3CCCCC3)cc2)c1. The molecular formula is C28H38N4O3. The molecule has 0 spiro atoms. The lowest BCUT2D eigenvalue weighted by Crippen LogP contribution is -2.36. The van der Waals surface area contributed by atoms with Crippen LogP contribution in [0.3, 0.4) is 0 Å². The summed E-state index contributed by atoms with van der Waals surface area (Å²) < 4.78 is 0. The Bertz CT molecular complexity index is 978. The van der Waals surface area contributed by atoms with Crippen LogP contribution in [0.4, 0.5) is 11.4 Å². The van der Waals surface area contributed by atoms with Gasteiger partial charge in [-0.3, -0.25) is 14.4 Å². The van der Waals surface area contributed by atoms with E-state index in [1.807, 2.05) is 4.90 Å². The summed E-state index contributed by atoms with van der Waals surface area (Å²) in [5.74, 6) is -0.282. The standard InChI is InChI=1S/C28H38N4O3/c1-3-17-32(18-4-2)28(35)22-9-8-12-25(19-22)30-26(33)20-29-23-15-13-21(14-16-23)27(34)31-24-10-6-5-7-11-24/h8-9,12-16,19,24,29H,3-7,10-11,17-18,20H2,1-2H3,(H,30,33)(H,31,34). The highest BCUT2D eigenvalue weighted by molar-refractivity contribution is 5.98. The van der Waals surface area contributed by atoms with Crippen molar-refractivity contribution in [2.24, 2.45) is 0 Å². The number of carbonyl (C=O) groups excluding carboxylic acids is 3. The molecule has 0 aromatic heterocycles. The highest BCUT2D eigenvalue weighted by Gasteiger charge is 2.17. The summed E-state index contributed by atoms with van der Waals surface area (Å²) in [7, 11) is 0. The molecule has 0 unspecified atom stereocenters. The van der Waals surface area contributed by atoms with Crippen molar-refractivity contribution in [2.75, 3.05) is 30.3 Å². The lowest BCUT2D eigenvalue weighted by Gasteiger charge is -2.22. The minimum atomic E-state index is -0.215. The van der Waals surface area contributed by atoms with Gasteiger partial charge in [-0.2, -0.15) is 0 Å². The predicted molar refractivity (Wildman–Crippen MR) is 141 cm³/mol. The van der Waals surface area contributed by atoms with E-state index >= 15 is 0 Å². The van der Waals surface area contributed by atoms with E-state index in [9.17, 15) is 14.4 Å². The number of nitrogens with zero attached hydrogens (tertiary/aromatic N) is 1. The second kappa shape index (κ2) is 13.5. The lowest BCUT2D eigenvalue weighted by atomic mass is 9.95. The first-order chi connectivity index (χ1) is 17.0. The van der Waals surface area contributed by atoms with E-state index < -0.39 is 0 Å². The van der Waals surface area contributed by atoms with E-state index in [1.54, 1.807) is 48.5 Å². The van der Waals surface area contributed by atoms with E-state index in [0.29, 0.717) is 29.9 Å². The number of amides is 3. The molecule has 1 saturated carbocycles. The largest absolute Gasteiger partial charge is 0.376 e. The molecule has 3 rings (SSSR count). The maximum absolute atomic E-state index is 12.8. The first kappa shape index (κ1) is 26.3. The summed E-state index contributed by atoms with van der Waals surface area (Å²) in [6.45, 7) is 5.62. The molecule has 0 aliphatic heterocycles. The van der Waals surface area contributed by atoms with Crippen molar-refractivity contribution >= 4 is 29.1 Å². The fourth-order valence-corrected chi connectivity index (χ4v) is 4.41. The van der Waals surface area contributed by atoms with Crippen molar-refractivity contribution in [1.29, 1.82) is 0 Å². The summed E-state index contributed by atoms with van der Waals surface area (Å²) >= 11 is 0. The van der Waals surface area contributed by atoms with Gasteiger partial charge in [-0.05, 0) is 68.1 Å². The zero-order valence-electron chi connectivity index (χ0n) is 20.9. The van der Waals surface area contributed by atoms with Gasteiger partial charge in [-0.15, -0.1) is 0 Å². The average Bonchev–Trinajstić information content (AvgIpc) is 2.88. The summed E-state index contributed by atoms with van der Waals surface area (Å²) in [6.07, 6.45) is 7.50. The molecule has 0 saturated heterocycles. The fourth-order valence-electron chi connectivity index (χ4n) is 4.41. The molecule has 0 bridgehead atoms. The van der Waals surface area contributed by atoms with Crippen molar-refractivity contribution in [2.45, 2.75) is 64.8 Å². The molecule has 7 heteroatoms. The van der Waals surface area contributed by atoms with Gasteiger partial charge in [0.1, 0.15) is 0 Å². The zero-order chi connectivity index (χ0) is 25.0. The Balaban J connectivity index is 1.49. The Morgan fingerprint density at radius 2 is 1.54 bits per heavy atom. The summed E-state index contributed by atoms with van der Waals surface area (Å²) in [5.41, 5.74) is 2.53. The van der Waals surface area contributed by atoms with Crippen molar-refractivity contribution < 1.29 is 14.4 Å². The van der Waals surface area contributed by atoms with Crippen LogP contribution < -0.4 is 16.0 Å². The molecule has 0 atom stereocenters. The topological polar surface area (TPSA) is 90.5 Å². The number of hydrogen-bond acceptors (Lipinski definition) is 4. The molecule has 0 heterocycles. The van der Waals surface area contributed by atoms with Gasteiger partial charge in [-0.1, -0.05) is 39.2 Å². The van der Waals surface area contributed by atoms with Crippen molar-refractivity contribution in [3.63, 3.8) is 0 Å². The molecule has 1 aliphatic rings. The Labute approximate surface area is 208 Å². The lowest BCUT2D eigenvalue weighted by molar-refractivity contribution is -0.114. The van der Waals surface area contributed by atoms with Crippen molar-refractivity contribution in [1.82, 2.24) is 10.2 Å². The Kier molecular flexibility index (Phi) is 10.1. The first-order valence-electron chi connectivity index (χ1n) is 12.8. The number of benzene rings is 2. The second-order valence-electron chi connectivity index (χ2n) is 9.16. The maximum atomic E-state index is 12.8. The molecule has 35 heavy (non-hydrogen) atoms. The Morgan fingerprint density at radius 3 is 2.20 bits per heavy atom. The van der Waals surface area contributed by atoms with Gasteiger partial charge in [0.15, 0.2) is 0 Å². The van der Waals surface area contributed by atoms with Gasteiger partial charge in [0, 0.05) is 41.6 Å². The van der Waals surface area contributed by atoms with Gasteiger partial charge in [0.05, 0.1) is 6.54 Å². The summed E-state index contributed by atoms with van der Waals surface area (Å²) in [5, 5.41) is 9.05. The Hall–Kier alpha value is -3.35. The minimum absolute atomic E-state index is 0.0180. The van der Waals surface area contributed by atoms with Gasteiger partial charge < -0.3 is 20.9 Å². The molecule has 1 aliphatic carbocycles. The van der Waals surface area contributed by atoms with Crippen LogP contribution in [0.25, 0.3) is 0 Å². The highest BCUT2D eigenvalue weighted by atomic mass is 16.2. The molecule has 3 amide bonds. The molecular weight excluding hydrogens is 440 g/mol. The molecule has 2 aromatic carbocycles. The monoisotopic (exact) mass is 478 g/mol. The normalized spacial score (nSPS) is 13.7. The number of hydrogen-bond donors (Lipinski definition) is 3. The molecule has 7 nitrogen and oxygen atoms in total. The van der Waals surface area contributed by atoms with E-state index in [4.69, 9.17) is 0 Å². The van der Waals surface area contributed by atoms with Gasteiger partial charge in [-0.25, -0.2) is 0 Å². The van der Waals surface area contributed by atoms with Crippen LogP contribution in [0.15, 0.2) is 48.5 Å². The van der Waals surface area contributed by atoms with Crippen LogP contribution in [0.1, 0.15) is 79.5 Å². The quantitative estimate of drug-likeness (QED) is 0.421. The first-order valence-corrected chi connectivity index (χ1v) is 12.8. The maximum Gasteiger partial charge on any atom is 0.253 e. The van der Waals surface area contributed by atoms with Crippen LogP contribution >= 0.6 is 0 Å². The van der Waals surface area contributed by atoms with Gasteiger partial charge in [0.2, 0.25) is 5.91 Å². The fraction of sp³-hybridized carbons (Fsp3) is 0.464. The molecule has 0 radical (unpaired) electrons. The highest BCUT2D eigenvalue weighted by Crippen LogP contribution is 2.18. The minimum Gasteiger partial charge on any atom is -0.376 e. The molecule has 188 valence electrons. The van der Waals surface area contributed by atoms with E-state index in [0.717, 1.165) is 31.4 Å². The molecule has 2 aromatic rings. The third-order valence-corrected chi connectivity index (χ3v) is 6.21. The van der Waals surface area contributed by atoms with E-state index in [-0.39, 0.29) is 30.3 Å². The Morgan fingerprint density at radius 1 is 0.857 bits per heavy atom. The summed E-state index contributed by atoms with van der Waals surface area (Å²) in [4.78, 5) is 39.6.